The standard InChI is InChI=1S/C24H27ClN4O3/c1-31-21-10-5-16(12-22(21)32-2)13-24(30)26-19-4-3-11-29(15-19)23-14-20(27-28-23)17-6-8-18(25)9-7-17/h5-10,12,14,19H,3-4,11,13,15H2,1-2H3,(H,26,30)(H,27,28)/t19-/m0/s1. The highest BCUT2D eigenvalue weighted by atomic mass is 35.5. The Morgan fingerprint density at radius 3 is 2.69 bits per heavy atom. The fourth-order valence-corrected chi connectivity index (χ4v) is 4.13. The van der Waals surface area contributed by atoms with E-state index in [1.165, 1.54) is 0 Å². The second-order valence-electron chi connectivity index (χ2n) is 7.87. The van der Waals surface area contributed by atoms with Crippen LogP contribution in [0.2, 0.25) is 5.02 Å². The first-order valence-electron chi connectivity index (χ1n) is 10.6. The lowest BCUT2D eigenvalue weighted by molar-refractivity contribution is -0.121. The molecule has 0 saturated carbocycles. The summed E-state index contributed by atoms with van der Waals surface area (Å²) in [6, 6.07) is 15.3. The van der Waals surface area contributed by atoms with Gasteiger partial charge in [0.2, 0.25) is 5.91 Å². The summed E-state index contributed by atoms with van der Waals surface area (Å²) in [6.07, 6.45) is 2.23. The molecule has 1 aliphatic rings. The Hall–Kier alpha value is -3.19. The number of carbonyl (C=O) groups excluding carboxylic acids is 1. The molecule has 0 spiro atoms. The highest BCUT2D eigenvalue weighted by molar-refractivity contribution is 6.30. The predicted octanol–water partition coefficient (Wildman–Crippen LogP) is 4.08. The van der Waals surface area contributed by atoms with Gasteiger partial charge in [-0.15, -0.1) is 0 Å². The number of hydrogen-bond acceptors (Lipinski definition) is 5. The van der Waals surface area contributed by atoms with E-state index < -0.39 is 0 Å². The number of nitrogens with zero attached hydrogens (tertiary/aromatic N) is 2. The number of anilines is 1. The van der Waals surface area contributed by atoms with Crippen LogP contribution in [0.15, 0.2) is 48.5 Å². The molecule has 0 bridgehead atoms. The van der Waals surface area contributed by atoms with Gasteiger partial charge < -0.3 is 19.7 Å². The number of carbonyl (C=O) groups is 1. The smallest absolute Gasteiger partial charge is 0.224 e. The van der Waals surface area contributed by atoms with Crippen LogP contribution in [0.3, 0.4) is 0 Å². The fraction of sp³-hybridized carbons (Fsp3) is 0.333. The molecule has 1 amide bonds. The van der Waals surface area contributed by atoms with Gasteiger partial charge in [-0.2, -0.15) is 5.10 Å². The summed E-state index contributed by atoms with van der Waals surface area (Å²) < 4.78 is 10.6. The Balaban J connectivity index is 1.36. The van der Waals surface area contributed by atoms with Crippen molar-refractivity contribution in [2.45, 2.75) is 25.3 Å². The predicted molar refractivity (Wildman–Crippen MR) is 126 cm³/mol. The van der Waals surface area contributed by atoms with Crippen LogP contribution in [0.25, 0.3) is 11.3 Å². The number of amides is 1. The molecule has 1 aliphatic heterocycles. The number of rotatable bonds is 7. The van der Waals surface area contributed by atoms with E-state index in [2.05, 4.69) is 20.4 Å². The average molecular weight is 455 g/mol. The third kappa shape index (κ3) is 5.16. The van der Waals surface area contributed by atoms with Crippen LogP contribution in [0.5, 0.6) is 11.5 Å². The maximum Gasteiger partial charge on any atom is 0.224 e. The largest absolute Gasteiger partial charge is 0.493 e. The van der Waals surface area contributed by atoms with Crippen molar-refractivity contribution in [1.82, 2.24) is 15.5 Å². The summed E-state index contributed by atoms with van der Waals surface area (Å²) in [5.74, 6) is 2.15. The van der Waals surface area contributed by atoms with E-state index in [4.69, 9.17) is 21.1 Å². The molecular weight excluding hydrogens is 428 g/mol. The lowest BCUT2D eigenvalue weighted by Gasteiger charge is -2.33. The number of hydrogen-bond donors (Lipinski definition) is 2. The van der Waals surface area contributed by atoms with Gasteiger partial charge in [0.15, 0.2) is 17.3 Å². The summed E-state index contributed by atoms with van der Waals surface area (Å²) in [4.78, 5) is 14.9. The molecule has 1 aromatic heterocycles. The molecule has 2 heterocycles. The van der Waals surface area contributed by atoms with Crippen molar-refractivity contribution >= 4 is 23.3 Å². The SMILES string of the molecule is COc1ccc(CC(=O)N[C@H]2CCCN(c3cc(-c4ccc(Cl)cc4)[nH]n3)C2)cc1OC. The molecule has 0 aliphatic carbocycles. The maximum absolute atomic E-state index is 12.7. The van der Waals surface area contributed by atoms with Gasteiger partial charge in [0, 0.05) is 30.2 Å². The molecule has 1 atom stereocenters. The maximum atomic E-state index is 12.7. The van der Waals surface area contributed by atoms with Crippen molar-refractivity contribution in [2.24, 2.45) is 0 Å². The van der Waals surface area contributed by atoms with Crippen molar-refractivity contribution in [2.75, 3.05) is 32.2 Å². The van der Waals surface area contributed by atoms with Crippen molar-refractivity contribution < 1.29 is 14.3 Å². The van der Waals surface area contributed by atoms with Crippen LogP contribution in [-0.2, 0) is 11.2 Å². The van der Waals surface area contributed by atoms with E-state index in [0.29, 0.717) is 22.9 Å². The molecule has 1 saturated heterocycles. The molecule has 0 unspecified atom stereocenters. The highest BCUT2D eigenvalue weighted by Crippen LogP contribution is 2.28. The van der Waals surface area contributed by atoms with Gasteiger partial charge in [0.05, 0.1) is 26.3 Å². The Morgan fingerprint density at radius 2 is 1.94 bits per heavy atom. The first-order chi connectivity index (χ1) is 15.6. The van der Waals surface area contributed by atoms with Gasteiger partial charge >= 0.3 is 0 Å². The molecule has 2 N–H and O–H groups in total. The number of piperidine rings is 1. The van der Waals surface area contributed by atoms with Crippen molar-refractivity contribution in [3.8, 4) is 22.8 Å². The average Bonchev–Trinajstić information content (AvgIpc) is 3.30. The third-order valence-corrected chi connectivity index (χ3v) is 5.89. The number of benzene rings is 2. The lowest BCUT2D eigenvalue weighted by Crippen LogP contribution is -2.48. The van der Waals surface area contributed by atoms with Gasteiger partial charge in [-0.1, -0.05) is 29.8 Å². The summed E-state index contributed by atoms with van der Waals surface area (Å²) in [5, 5.41) is 11.5. The molecule has 8 heteroatoms. The fourth-order valence-electron chi connectivity index (χ4n) is 4.01. The summed E-state index contributed by atoms with van der Waals surface area (Å²) in [6.45, 7) is 1.63. The zero-order chi connectivity index (χ0) is 22.5. The molecule has 2 aromatic carbocycles. The van der Waals surface area contributed by atoms with E-state index in [-0.39, 0.29) is 11.9 Å². The third-order valence-electron chi connectivity index (χ3n) is 5.64. The molecule has 7 nitrogen and oxygen atoms in total. The van der Waals surface area contributed by atoms with Crippen LogP contribution >= 0.6 is 11.6 Å². The second kappa shape index (κ2) is 9.96. The van der Waals surface area contributed by atoms with Crippen LogP contribution in [-0.4, -0.2) is 49.5 Å². The van der Waals surface area contributed by atoms with E-state index >= 15 is 0 Å². The summed E-state index contributed by atoms with van der Waals surface area (Å²) in [7, 11) is 3.18. The number of aromatic amines is 1. The number of ether oxygens (including phenoxy) is 2. The second-order valence-corrected chi connectivity index (χ2v) is 8.30. The normalized spacial score (nSPS) is 16.0. The van der Waals surface area contributed by atoms with Crippen molar-refractivity contribution in [1.29, 1.82) is 0 Å². The summed E-state index contributed by atoms with van der Waals surface area (Å²) >= 11 is 5.98. The Labute approximate surface area is 192 Å². The molecule has 4 rings (SSSR count). The van der Waals surface area contributed by atoms with Crippen LogP contribution < -0.4 is 19.7 Å². The first-order valence-corrected chi connectivity index (χ1v) is 11.0. The lowest BCUT2D eigenvalue weighted by atomic mass is 10.0. The molecule has 3 aromatic rings. The van der Waals surface area contributed by atoms with E-state index in [1.807, 2.05) is 48.5 Å². The molecule has 32 heavy (non-hydrogen) atoms. The van der Waals surface area contributed by atoms with Crippen molar-refractivity contribution in [3.63, 3.8) is 0 Å². The van der Waals surface area contributed by atoms with Gasteiger partial charge in [-0.25, -0.2) is 0 Å². The minimum Gasteiger partial charge on any atom is -0.493 e. The van der Waals surface area contributed by atoms with Crippen molar-refractivity contribution in [3.05, 3.63) is 59.1 Å². The highest BCUT2D eigenvalue weighted by Gasteiger charge is 2.23. The first kappa shape index (κ1) is 22.0. The summed E-state index contributed by atoms with van der Waals surface area (Å²) in [5.41, 5.74) is 2.86. The number of nitrogens with one attached hydrogen (secondary N) is 2. The zero-order valence-corrected chi connectivity index (χ0v) is 19.0. The van der Waals surface area contributed by atoms with Crippen LogP contribution in [0, 0.1) is 0 Å². The Morgan fingerprint density at radius 1 is 1.16 bits per heavy atom. The van der Waals surface area contributed by atoms with Crippen LogP contribution in [0.4, 0.5) is 5.82 Å². The number of H-pyrrole nitrogens is 1. The number of aromatic nitrogens is 2. The Bertz CT molecular complexity index is 1070. The van der Waals surface area contributed by atoms with Gasteiger partial charge in [0.1, 0.15) is 0 Å². The van der Waals surface area contributed by atoms with E-state index in [0.717, 1.165) is 48.6 Å². The Kier molecular flexibility index (Phi) is 6.85. The topological polar surface area (TPSA) is 79.5 Å². The van der Waals surface area contributed by atoms with Gasteiger partial charge in [-0.05, 0) is 48.2 Å². The van der Waals surface area contributed by atoms with Gasteiger partial charge in [-0.3, -0.25) is 9.89 Å². The molecule has 1 fully saturated rings. The van der Waals surface area contributed by atoms with Gasteiger partial charge in [0.25, 0.3) is 0 Å². The van der Waals surface area contributed by atoms with Crippen LogP contribution in [0.1, 0.15) is 18.4 Å². The number of halogens is 1. The molecular formula is C24H27ClN4O3. The van der Waals surface area contributed by atoms with E-state index in [9.17, 15) is 4.79 Å². The quantitative estimate of drug-likeness (QED) is 0.562. The zero-order valence-electron chi connectivity index (χ0n) is 18.2. The number of methoxy groups -OCH3 is 2. The van der Waals surface area contributed by atoms with E-state index in [1.54, 1.807) is 14.2 Å². The molecule has 0 radical (unpaired) electrons. The minimum absolute atomic E-state index is 0.00653. The minimum atomic E-state index is -0.00653. The molecule has 168 valence electrons. The monoisotopic (exact) mass is 454 g/mol.